The topological polar surface area (TPSA) is 71.5 Å². The summed E-state index contributed by atoms with van der Waals surface area (Å²) in [6.45, 7) is 9.21. The van der Waals surface area contributed by atoms with E-state index in [0.717, 1.165) is 25.4 Å². The molecule has 0 spiro atoms. The van der Waals surface area contributed by atoms with Gasteiger partial charge in [-0.25, -0.2) is 5.84 Å². The molecule has 3 N–H and O–H groups in total. The van der Waals surface area contributed by atoms with E-state index in [1.54, 1.807) is 13.0 Å². The van der Waals surface area contributed by atoms with Crippen molar-refractivity contribution < 1.29 is 9.21 Å². The lowest BCUT2D eigenvalue weighted by molar-refractivity contribution is 0.0952. The largest absolute Gasteiger partial charge is 0.464 e. The minimum atomic E-state index is -0.302. The molecule has 2 heterocycles. The molecule has 0 unspecified atom stereocenters. The number of nitrogen functional groups attached to an aromatic ring is 1. The predicted molar refractivity (Wildman–Crippen MR) is 68.8 cm³/mol. The lowest BCUT2D eigenvalue weighted by Gasteiger charge is -2.18. The molecule has 0 atom stereocenters. The summed E-state index contributed by atoms with van der Waals surface area (Å²) in [5.74, 6) is 6.27. The fourth-order valence-corrected chi connectivity index (χ4v) is 2.50. The van der Waals surface area contributed by atoms with Crippen LogP contribution in [-0.2, 0) is 6.54 Å². The van der Waals surface area contributed by atoms with Crippen molar-refractivity contribution in [3.05, 3.63) is 23.2 Å². The maximum atomic E-state index is 11.5. The molecular weight excluding hydrogens is 230 g/mol. The summed E-state index contributed by atoms with van der Waals surface area (Å²) < 4.78 is 5.61. The first-order valence-corrected chi connectivity index (χ1v) is 6.24. The molecule has 18 heavy (non-hydrogen) atoms. The molecule has 0 saturated carbocycles. The molecule has 0 aliphatic carbocycles. The second-order valence-electron chi connectivity index (χ2n) is 5.78. The number of hydrazine groups is 1. The molecule has 0 bridgehead atoms. The average Bonchev–Trinajstić information content (AvgIpc) is 2.81. The van der Waals surface area contributed by atoms with Crippen LogP contribution in [0.1, 0.15) is 42.1 Å². The Bertz CT molecular complexity index is 451. The summed E-state index contributed by atoms with van der Waals surface area (Å²) in [5, 5.41) is 0. The normalized spacial score (nSPS) is 19.1. The Kier molecular flexibility index (Phi) is 3.45. The summed E-state index contributed by atoms with van der Waals surface area (Å²) in [5.41, 5.74) is 3.02. The highest BCUT2D eigenvalue weighted by atomic mass is 16.3. The Morgan fingerprint density at radius 3 is 2.89 bits per heavy atom. The molecule has 1 saturated heterocycles. The molecule has 1 aromatic rings. The first-order chi connectivity index (χ1) is 8.41. The van der Waals surface area contributed by atoms with Gasteiger partial charge in [0.2, 0.25) is 0 Å². The minimum absolute atomic E-state index is 0.302. The molecule has 1 fully saturated rings. The summed E-state index contributed by atoms with van der Waals surface area (Å²) in [6, 6.07) is 1.78. The lowest BCUT2D eigenvalue weighted by Crippen LogP contribution is -2.30. The number of likely N-dealkylation sites (tertiary alicyclic amines) is 1. The molecule has 2 rings (SSSR count). The van der Waals surface area contributed by atoms with E-state index in [0.29, 0.717) is 16.7 Å². The number of nitrogens with one attached hydrogen (secondary N) is 1. The number of amides is 1. The van der Waals surface area contributed by atoms with Gasteiger partial charge in [0.05, 0.1) is 12.1 Å². The molecular formula is C13H21N3O2. The fraction of sp³-hybridized carbons (Fsp3) is 0.615. The smallest absolute Gasteiger partial charge is 0.268 e. The van der Waals surface area contributed by atoms with Crippen molar-refractivity contribution in [1.82, 2.24) is 10.3 Å². The number of furan rings is 1. The molecule has 0 aromatic carbocycles. The standard InChI is InChI=1S/C13H21N3O2/c1-9-11(12(17)15-14)6-10(18-9)7-16-5-4-13(2,3)8-16/h6H,4-5,7-8,14H2,1-3H3,(H,15,17). The number of nitrogens with zero attached hydrogens (tertiary/aromatic N) is 1. The van der Waals surface area contributed by atoms with Crippen molar-refractivity contribution in [2.24, 2.45) is 11.3 Å². The van der Waals surface area contributed by atoms with Crippen LogP contribution in [0, 0.1) is 12.3 Å². The molecule has 0 radical (unpaired) electrons. The van der Waals surface area contributed by atoms with Crippen molar-refractivity contribution in [3.8, 4) is 0 Å². The quantitative estimate of drug-likeness (QED) is 0.484. The Morgan fingerprint density at radius 2 is 2.33 bits per heavy atom. The first-order valence-electron chi connectivity index (χ1n) is 6.24. The van der Waals surface area contributed by atoms with Gasteiger partial charge in [-0.3, -0.25) is 15.1 Å². The monoisotopic (exact) mass is 251 g/mol. The minimum Gasteiger partial charge on any atom is -0.464 e. The SMILES string of the molecule is Cc1oc(CN2CCC(C)(C)C2)cc1C(=O)NN. The number of carbonyl (C=O) groups is 1. The average molecular weight is 251 g/mol. The number of nitrogens with two attached hydrogens (primary N) is 1. The van der Waals surface area contributed by atoms with Gasteiger partial charge < -0.3 is 4.42 Å². The van der Waals surface area contributed by atoms with Crippen LogP contribution >= 0.6 is 0 Å². The molecule has 1 amide bonds. The second-order valence-corrected chi connectivity index (χ2v) is 5.78. The summed E-state index contributed by atoms with van der Waals surface area (Å²) in [7, 11) is 0. The first kappa shape index (κ1) is 13.1. The third kappa shape index (κ3) is 2.73. The van der Waals surface area contributed by atoms with Crippen LogP contribution in [-0.4, -0.2) is 23.9 Å². The van der Waals surface area contributed by atoms with Crippen molar-refractivity contribution >= 4 is 5.91 Å². The highest BCUT2D eigenvalue weighted by Crippen LogP contribution is 2.30. The zero-order valence-corrected chi connectivity index (χ0v) is 11.2. The number of hydrogen-bond acceptors (Lipinski definition) is 4. The van der Waals surface area contributed by atoms with Crippen molar-refractivity contribution in [3.63, 3.8) is 0 Å². The molecule has 1 aliphatic rings. The van der Waals surface area contributed by atoms with Crippen LogP contribution in [0.4, 0.5) is 0 Å². The van der Waals surface area contributed by atoms with E-state index in [1.165, 1.54) is 6.42 Å². The lowest BCUT2D eigenvalue weighted by atomic mass is 9.93. The van der Waals surface area contributed by atoms with Crippen molar-refractivity contribution in [2.45, 2.75) is 33.7 Å². The third-order valence-electron chi connectivity index (χ3n) is 3.48. The number of aryl methyl sites for hydroxylation is 1. The third-order valence-corrected chi connectivity index (χ3v) is 3.48. The van der Waals surface area contributed by atoms with Gasteiger partial charge in [-0.15, -0.1) is 0 Å². The zero-order chi connectivity index (χ0) is 13.3. The summed E-state index contributed by atoms with van der Waals surface area (Å²) >= 11 is 0. The highest BCUT2D eigenvalue weighted by molar-refractivity contribution is 5.94. The van der Waals surface area contributed by atoms with Crippen LogP contribution in [0.2, 0.25) is 0 Å². The molecule has 5 heteroatoms. The molecule has 1 aromatic heterocycles. The summed E-state index contributed by atoms with van der Waals surface area (Å²) in [6.07, 6.45) is 1.20. The Balaban J connectivity index is 2.05. The van der Waals surface area contributed by atoms with E-state index in [2.05, 4.69) is 24.2 Å². The maximum Gasteiger partial charge on any atom is 0.268 e. The van der Waals surface area contributed by atoms with Crippen LogP contribution in [0.25, 0.3) is 0 Å². The van der Waals surface area contributed by atoms with Gasteiger partial charge in [0.25, 0.3) is 5.91 Å². The van der Waals surface area contributed by atoms with E-state index >= 15 is 0 Å². The molecule has 100 valence electrons. The maximum absolute atomic E-state index is 11.5. The highest BCUT2D eigenvalue weighted by Gasteiger charge is 2.29. The Labute approximate surface area is 107 Å². The van der Waals surface area contributed by atoms with E-state index < -0.39 is 0 Å². The van der Waals surface area contributed by atoms with E-state index in [9.17, 15) is 4.79 Å². The van der Waals surface area contributed by atoms with Gasteiger partial charge in [-0.05, 0) is 31.4 Å². The van der Waals surface area contributed by atoms with Crippen LogP contribution < -0.4 is 11.3 Å². The van der Waals surface area contributed by atoms with E-state index in [-0.39, 0.29) is 5.91 Å². The zero-order valence-electron chi connectivity index (χ0n) is 11.2. The molecule has 5 nitrogen and oxygen atoms in total. The van der Waals surface area contributed by atoms with Gasteiger partial charge in [-0.2, -0.15) is 0 Å². The van der Waals surface area contributed by atoms with Gasteiger partial charge in [0, 0.05) is 6.54 Å². The molecule has 1 aliphatic heterocycles. The summed E-state index contributed by atoms with van der Waals surface area (Å²) in [4.78, 5) is 13.8. The van der Waals surface area contributed by atoms with Gasteiger partial charge in [0.1, 0.15) is 11.5 Å². The Morgan fingerprint density at radius 1 is 1.61 bits per heavy atom. The van der Waals surface area contributed by atoms with E-state index in [4.69, 9.17) is 10.3 Å². The number of hydrogen-bond donors (Lipinski definition) is 2. The second kappa shape index (κ2) is 4.74. The van der Waals surface area contributed by atoms with Crippen molar-refractivity contribution in [1.29, 1.82) is 0 Å². The van der Waals surface area contributed by atoms with Crippen LogP contribution in [0.3, 0.4) is 0 Å². The fourth-order valence-electron chi connectivity index (χ4n) is 2.50. The Hall–Kier alpha value is -1.33. The van der Waals surface area contributed by atoms with Gasteiger partial charge >= 0.3 is 0 Å². The van der Waals surface area contributed by atoms with E-state index in [1.807, 2.05) is 0 Å². The van der Waals surface area contributed by atoms with Crippen LogP contribution in [0.15, 0.2) is 10.5 Å². The van der Waals surface area contributed by atoms with Gasteiger partial charge in [-0.1, -0.05) is 13.8 Å². The van der Waals surface area contributed by atoms with Crippen LogP contribution in [0.5, 0.6) is 0 Å². The van der Waals surface area contributed by atoms with Gasteiger partial charge in [0.15, 0.2) is 0 Å². The number of carbonyl (C=O) groups excluding carboxylic acids is 1. The van der Waals surface area contributed by atoms with Crippen molar-refractivity contribution in [2.75, 3.05) is 13.1 Å². The predicted octanol–water partition coefficient (Wildman–Crippen LogP) is 1.42. The number of rotatable bonds is 3.